The fourth-order valence-corrected chi connectivity index (χ4v) is 8.77. The van der Waals surface area contributed by atoms with Crippen molar-refractivity contribution in [3.05, 3.63) is 188 Å². The van der Waals surface area contributed by atoms with E-state index in [-0.39, 0.29) is 0 Å². The van der Waals surface area contributed by atoms with Crippen LogP contribution in [0.2, 0.25) is 0 Å². The van der Waals surface area contributed by atoms with E-state index in [2.05, 4.69) is 193 Å². The highest BCUT2D eigenvalue weighted by Gasteiger charge is 2.17. The van der Waals surface area contributed by atoms with E-state index in [0.717, 1.165) is 17.1 Å². The number of rotatable bonds is 5. The molecule has 0 amide bonds. The predicted molar refractivity (Wildman–Crippen MR) is 217 cm³/mol. The van der Waals surface area contributed by atoms with Crippen LogP contribution in [0.3, 0.4) is 0 Å². The van der Waals surface area contributed by atoms with Crippen molar-refractivity contribution in [3.63, 3.8) is 0 Å². The summed E-state index contributed by atoms with van der Waals surface area (Å²) >= 11 is 1.87. The van der Waals surface area contributed by atoms with Gasteiger partial charge in [-0.05, 0) is 103 Å². The lowest BCUT2D eigenvalue weighted by molar-refractivity contribution is 1.29. The molecular weight excluding hydrogens is 623 g/mol. The summed E-state index contributed by atoms with van der Waals surface area (Å²) in [5.41, 5.74) is 8.28. The smallest absolute Gasteiger partial charge is 0.0468 e. The first kappa shape index (κ1) is 28.8. The first-order valence-electron chi connectivity index (χ1n) is 17.1. The summed E-state index contributed by atoms with van der Waals surface area (Å²) in [7, 11) is 0. The molecule has 50 heavy (non-hydrogen) atoms. The molecule has 1 heterocycles. The number of anilines is 3. The van der Waals surface area contributed by atoms with Crippen molar-refractivity contribution >= 4 is 80.9 Å². The predicted octanol–water partition coefficient (Wildman–Crippen LogP) is 14.3. The zero-order chi connectivity index (χ0) is 33.0. The number of nitrogens with zero attached hydrogens (tertiary/aromatic N) is 1. The highest BCUT2D eigenvalue weighted by Crippen LogP contribution is 2.43. The molecule has 0 radical (unpaired) electrons. The van der Waals surface area contributed by atoms with Gasteiger partial charge >= 0.3 is 0 Å². The molecule has 0 bridgehead atoms. The lowest BCUT2D eigenvalue weighted by Crippen LogP contribution is -2.10. The van der Waals surface area contributed by atoms with E-state index in [9.17, 15) is 0 Å². The van der Waals surface area contributed by atoms with Gasteiger partial charge in [-0.1, -0.05) is 140 Å². The molecule has 10 rings (SSSR count). The van der Waals surface area contributed by atoms with Crippen LogP contribution in [0, 0.1) is 0 Å². The number of hydrogen-bond acceptors (Lipinski definition) is 2. The van der Waals surface area contributed by atoms with Gasteiger partial charge in [0.15, 0.2) is 0 Å². The maximum Gasteiger partial charge on any atom is 0.0468 e. The minimum absolute atomic E-state index is 1.12. The van der Waals surface area contributed by atoms with Gasteiger partial charge in [0, 0.05) is 37.2 Å². The van der Waals surface area contributed by atoms with Crippen LogP contribution in [-0.4, -0.2) is 0 Å². The van der Waals surface area contributed by atoms with Gasteiger partial charge in [-0.2, -0.15) is 0 Å². The molecule has 0 aliphatic rings. The molecule has 0 unspecified atom stereocenters. The second-order valence-corrected chi connectivity index (χ2v) is 14.0. The molecule has 0 saturated heterocycles. The summed E-state index contributed by atoms with van der Waals surface area (Å²) in [6.45, 7) is 0. The summed E-state index contributed by atoms with van der Waals surface area (Å²) in [4.78, 5) is 2.39. The number of thiophene rings is 1. The first-order chi connectivity index (χ1) is 24.8. The van der Waals surface area contributed by atoms with Crippen LogP contribution in [0.15, 0.2) is 188 Å². The Morgan fingerprint density at radius 2 is 0.880 bits per heavy atom. The molecule has 9 aromatic carbocycles. The molecule has 0 atom stereocenters. The Morgan fingerprint density at radius 1 is 0.320 bits per heavy atom. The van der Waals surface area contributed by atoms with Gasteiger partial charge < -0.3 is 4.90 Å². The van der Waals surface area contributed by atoms with E-state index in [1.165, 1.54) is 74.7 Å². The maximum absolute atomic E-state index is 2.39. The lowest BCUT2D eigenvalue weighted by atomic mass is 9.96. The average molecular weight is 654 g/mol. The third-order valence-corrected chi connectivity index (χ3v) is 11.2. The monoisotopic (exact) mass is 653 g/mol. The van der Waals surface area contributed by atoms with Crippen molar-refractivity contribution in [1.82, 2.24) is 0 Å². The largest absolute Gasteiger partial charge is 0.310 e. The van der Waals surface area contributed by atoms with E-state index < -0.39 is 0 Å². The van der Waals surface area contributed by atoms with E-state index in [0.29, 0.717) is 0 Å². The number of fused-ring (bicyclic) bond motifs is 8. The van der Waals surface area contributed by atoms with E-state index in [1.807, 2.05) is 11.3 Å². The number of benzene rings is 9. The lowest BCUT2D eigenvalue weighted by Gasteiger charge is -2.26. The van der Waals surface area contributed by atoms with Gasteiger partial charge in [0.2, 0.25) is 0 Å². The second-order valence-electron chi connectivity index (χ2n) is 12.9. The van der Waals surface area contributed by atoms with Crippen LogP contribution in [0.5, 0.6) is 0 Å². The van der Waals surface area contributed by atoms with Crippen molar-refractivity contribution in [2.45, 2.75) is 0 Å². The summed E-state index contributed by atoms with van der Waals surface area (Å²) in [5.74, 6) is 0. The summed E-state index contributed by atoms with van der Waals surface area (Å²) in [5, 5.41) is 10.3. The fourth-order valence-electron chi connectivity index (χ4n) is 7.64. The third-order valence-electron chi connectivity index (χ3n) is 10.0. The number of hydrogen-bond donors (Lipinski definition) is 0. The maximum atomic E-state index is 2.39. The molecule has 0 aliphatic heterocycles. The summed E-state index contributed by atoms with van der Waals surface area (Å²) < 4.78 is 2.65. The van der Waals surface area contributed by atoms with Gasteiger partial charge in [0.1, 0.15) is 0 Å². The Labute approximate surface area is 294 Å². The highest BCUT2D eigenvalue weighted by molar-refractivity contribution is 7.25. The minimum Gasteiger partial charge on any atom is -0.310 e. The fraction of sp³-hybridized carbons (Fsp3) is 0. The quantitative estimate of drug-likeness (QED) is 0.167. The highest BCUT2D eigenvalue weighted by atomic mass is 32.1. The van der Waals surface area contributed by atoms with Crippen LogP contribution < -0.4 is 4.90 Å². The van der Waals surface area contributed by atoms with Gasteiger partial charge in [-0.15, -0.1) is 11.3 Å². The minimum atomic E-state index is 1.12. The third kappa shape index (κ3) is 4.76. The zero-order valence-electron chi connectivity index (χ0n) is 27.3. The topological polar surface area (TPSA) is 3.24 Å². The van der Waals surface area contributed by atoms with Crippen molar-refractivity contribution < 1.29 is 0 Å². The molecule has 1 nitrogen and oxygen atoms in total. The first-order valence-corrected chi connectivity index (χ1v) is 17.9. The van der Waals surface area contributed by atoms with Crippen LogP contribution in [0.4, 0.5) is 17.1 Å². The van der Waals surface area contributed by atoms with Gasteiger partial charge in [0.05, 0.1) is 0 Å². The second kappa shape index (κ2) is 11.7. The van der Waals surface area contributed by atoms with Crippen molar-refractivity contribution in [3.8, 4) is 22.3 Å². The molecule has 0 saturated carbocycles. The molecule has 0 N–H and O–H groups in total. The van der Waals surface area contributed by atoms with E-state index >= 15 is 0 Å². The molecule has 1 aromatic heterocycles. The molecule has 0 aliphatic carbocycles. The summed E-state index contributed by atoms with van der Waals surface area (Å²) in [6, 6.07) is 68.7. The molecule has 0 spiro atoms. The molecule has 10 aromatic rings. The van der Waals surface area contributed by atoms with E-state index in [1.54, 1.807) is 0 Å². The SMILES string of the molecule is c1ccc(-c2ccc(N(c3ccc(-c4cccc5sc6ccccc6c45)cc3)c3ccc4ccc5ccc6ccccc6c5c4c3)cc2)cc1. The van der Waals surface area contributed by atoms with Crippen LogP contribution in [0.1, 0.15) is 0 Å². The molecule has 2 heteroatoms. The Balaban J connectivity index is 1.15. The van der Waals surface area contributed by atoms with Crippen molar-refractivity contribution in [2.24, 2.45) is 0 Å². The molecule has 234 valence electrons. The van der Waals surface area contributed by atoms with Crippen molar-refractivity contribution in [1.29, 1.82) is 0 Å². The van der Waals surface area contributed by atoms with E-state index in [4.69, 9.17) is 0 Å². The Bertz CT molecular complexity index is 2840. The molecule has 0 fully saturated rings. The zero-order valence-corrected chi connectivity index (χ0v) is 28.1. The van der Waals surface area contributed by atoms with Gasteiger partial charge in [-0.25, -0.2) is 0 Å². The van der Waals surface area contributed by atoms with Crippen LogP contribution in [-0.2, 0) is 0 Å². The van der Waals surface area contributed by atoms with Crippen LogP contribution in [0.25, 0.3) is 74.7 Å². The average Bonchev–Trinajstić information content (AvgIpc) is 3.58. The van der Waals surface area contributed by atoms with Gasteiger partial charge in [-0.3, -0.25) is 0 Å². The Hall–Kier alpha value is -6.22. The van der Waals surface area contributed by atoms with Crippen LogP contribution >= 0.6 is 11.3 Å². The summed E-state index contributed by atoms with van der Waals surface area (Å²) in [6.07, 6.45) is 0. The molecular formula is C48H31NS. The standard InChI is InChI=1S/C48H31NS/c1-2-9-32(10-3-1)33-21-26-38(27-22-33)49(40-30-25-36-18-20-37-19-17-34-11-4-5-12-41(34)47(37)44(36)31-40)39-28-23-35(24-29-39)42-14-8-16-46-48(42)43-13-6-7-15-45(43)50-46/h1-31H. The van der Waals surface area contributed by atoms with Crippen molar-refractivity contribution in [2.75, 3.05) is 4.90 Å². The Morgan fingerprint density at radius 3 is 1.66 bits per heavy atom. The Kier molecular flexibility index (Phi) is 6.75. The normalized spacial score (nSPS) is 11.6. The van der Waals surface area contributed by atoms with Gasteiger partial charge in [0.25, 0.3) is 0 Å².